The highest BCUT2D eigenvalue weighted by Gasteiger charge is 1.99. The van der Waals surface area contributed by atoms with E-state index in [9.17, 15) is 0 Å². The molecule has 0 fully saturated rings. The monoisotopic (exact) mass is 479 g/mol. The average Bonchev–Trinajstić information content (AvgIpc) is 2.97. The molecule has 6 heteroatoms. The lowest BCUT2D eigenvalue weighted by molar-refractivity contribution is 0.816. The Bertz CT molecular complexity index is 541. The highest BCUT2D eigenvalue weighted by atomic mass is 127. The van der Waals surface area contributed by atoms with Crippen molar-refractivity contribution >= 4 is 57.2 Å². The molecule has 0 unspecified atom stereocenters. The SMILES string of the molecule is CCNC(=NCc1ccsc1)NCc1ccc(Br)cc1.I. The number of halogens is 2. The summed E-state index contributed by atoms with van der Waals surface area (Å²) in [6.45, 7) is 4.40. The van der Waals surface area contributed by atoms with Crippen molar-refractivity contribution in [2.45, 2.75) is 20.0 Å². The second-order valence-corrected chi connectivity index (χ2v) is 6.00. The third-order valence-electron chi connectivity index (χ3n) is 2.72. The molecule has 1 aromatic heterocycles. The van der Waals surface area contributed by atoms with Gasteiger partial charge in [0.25, 0.3) is 0 Å². The Morgan fingerprint density at radius 1 is 1.14 bits per heavy atom. The summed E-state index contributed by atoms with van der Waals surface area (Å²) in [7, 11) is 0. The van der Waals surface area contributed by atoms with Crippen molar-refractivity contribution in [3.8, 4) is 0 Å². The van der Waals surface area contributed by atoms with E-state index in [-0.39, 0.29) is 24.0 Å². The maximum absolute atomic E-state index is 4.58. The molecular formula is C15H19BrIN3S. The quantitative estimate of drug-likeness (QED) is 0.379. The fourth-order valence-electron chi connectivity index (χ4n) is 1.68. The molecule has 0 bridgehead atoms. The highest BCUT2D eigenvalue weighted by molar-refractivity contribution is 14.0. The summed E-state index contributed by atoms with van der Waals surface area (Å²) in [6.07, 6.45) is 0. The van der Waals surface area contributed by atoms with Crippen molar-refractivity contribution in [3.63, 3.8) is 0 Å². The van der Waals surface area contributed by atoms with Crippen molar-refractivity contribution in [1.29, 1.82) is 0 Å². The summed E-state index contributed by atoms with van der Waals surface area (Å²) in [4.78, 5) is 4.58. The molecule has 0 aliphatic rings. The topological polar surface area (TPSA) is 36.4 Å². The predicted octanol–water partition coefficient (Wildman–Crippen LogP) is 4.38. The van der Waals surface area contributed by atoms with Crippen LogP contribution in [0.4, 0.5) is 0 Å². The molecule has 0 saturated heterocycles. The van der Waals surface area contributed by atoms with Crippen molar-refractivity contribution in [2.75, 3.05) is 6.54 Å². The molecule has 2 rings (SSSR count). The zero-order valence-corrected chi connectivity index (χ0v) is 16.5. The van der Waals surface area contributed by atoms with Gasteiger partial charge in [-0.2, -0.15) is 11.3 Å². The smallest absolute Gasteiger partial charge is 0.191 e. The van der Waals surface area contributed by atoms with E-state index >= 15 is 0 Å². The first-order chi connectivity index (χ1) is 9.78. The molecule has 21 heavy (non-hydrogen) atoms. The van der Waals surface area contributed by atoms with Gasteiger partial charge in [-0.3, -0.25) is 0 Å². The van der Waals surface area contributed by atoms with E-state index in [1.54, 1.807) is 11.3 Å². The zero-order valence-electron chi connectivity index (χ0n) is 11.8. The van der Waals surface area contributed by atoms with Crippen LogP contribution in [0.25, 0.3) is 0 Å². The van der Waals surface area contributed by atoms with Crippen LogP contribution in [0.1, 0.15) is 18.1 Å². The fraction of sp³-hybridized carbons (Fsp3) is 0.267. The Hall–Kier alpha value is -0.600. The maximum atomic E-state index is 4.58. The van der Waals surface area contributed by atoms with Gasteiger partial charge in [-0.25, -0.2) is 4.99 Å². The van der Waals surface area contributed by atoms with Gasteiger partial charge >= 0.3 is 0 Å². The molecule has 2 N–H and O–H groups in total. The Morgan fingerprint density at radius 3 is 2.52 bits per heavy atom. The van der Waals surface area contributed by atoms with Crippen LogP contribution >= 0.6 is 51.2 Å². The largest absolute Gasteiger partial charge is 0.357 e. The molecule has 114 valence electrons. The van der Waals surface area contributed by atoms with Gasteiger partial charge < -0.3 is 10.6 Å². The van der Waals surface area contributed by atoms with E-state index in [0.29, 0.717) is 6.54 Å². The number of nitrogens with zero attached hydrogens (tertiary/aromatic N) is 1. The van der Waals surface area contributed by atoms with Crippen LogP contribution in [-0.4, -0.2) is 12.5 Å². The van der Waals surface area contributed by atoms with Crippen LogP contribution in [0, 0.1) is 0 Å². The van der Waals surface area contributed by atoms with Crippen LogP contribution in [-0.2, 0) is 13.1 Å². The molecule has 0 atom stereocenters. The first-order valence-electron chi connectivity index (χ1n) is 6.55. The number of benzene rings is 1. The van der Waals surface area contributed by atoms with Gasteiger partial charge in [0.2, 0.25) is 0 Å². The van der Waals surface area contributed by atoms with Gasteiger partial charge in [0.1, 0.15) is 0 Å². The molecule has 1 heterocycles. The van der Waals surface area contributed by atoms with E-state index in [1.807, 2.05) is 12.1 Å². The Balaban J connectivity index is 0.00000220. The van der Waals surface area contributed by atoms with E-state index in [0.717, 1.165) is 23.5 Å². The molecule has 1 aromatic carbocycles. The Kier molecular flexibility index (Phi) is 8.94. The summed E-state index contributed by atoms with van der Waals surface area (Å²) >= 11 is 5.14. The molecule has 0 radical (unpaired) electrons. The highest BCUT2D eigenvalue weighted by Crippen LogP contribution is 2.10. The summed E-state index contributed by atoms with van der Waals surface area (Å²) in [5.74, 6) is 0.849. The average molecular weight is 480 g/mol. The lowest BCUT2D eigenvalue weighted by Crippen LogP contribution is -2.36. The van der Waals surface area contributed by atoms with Crippen LogP contribution in [0.2, 0.25) is 0 Å². The maximum Gasteiger partial charge on any atom is 0.191 e. The van der Waals surface area contributed by atoms with Crippen LogP contribution in [0.15, 0.2) is 50.6 Å². The van der Waals surface area contributed by atoms with Crippen molar-refractivity contribution < 1.29 is 0 Å². The molecule has 0 amide bonds. The molecule has 0 aliphatic carbocycles. The Labute approximate surface area is 155 Å². The molecular weight excluding hydrogens is 461 g/mol. The number of hydrogen-bond acceptors (Lipinski definition) is 2. The first-order valence-corrected chi connectivity index (χ1v) is 8.29. The minimum absolute atomic E-state index is 0. The van der Waals surface area contributed by atoms with Gasteiger partial charge in [-0.15, -0.1) is 24.0 Å². The van der Waals surface area contributed by atoms with Gasteiger partial charge in [0.15, 0.2) is 5.96 Å². The molecule has 0 aliphatic heterocycles. The lowest BCUT2D eigenvalue weighted by atomic mass is 10.2. The molecule has 0 spiro atoms. The minimum Gasteiger partial charge on any atom is -0.357 e. The predicted molar refractivity (Wildman–Crippen MR) is 106 cm³/mol. The third kappa shape index (κ3) is 6.80. The van der Waals surface area contributed by atoms with Gasteiger partial charge in [0, 0.05) is 17.6 Å². The van der Waals surface area contributed by atoms with Gasteiger partial charge in [-0.05, 0) is 47.0 Å². The second-order valence-electron chi connectivity index (χ2n) is 4.31. The summed E-state index contributed by atoms with van der Waals surface area (Å²) in [5, 5.41) is 10.8. The zero-order chi connectivity index (χ0) is 14.2. The molecule has 2 aromatic rings. The second kappa shape index (κ2) is 10.2. The number of thiophene rings is 1. The fourth-order valence-corrected chi connectivity index (χ4v) is 2.61. The summed E-state index contributed by atoms with van der Waals surface area (Å²) in [5.41, 5.74) is 2.48. The van der Waals surface area contributed by atoms with E-state index in [4.69, 9.17) is 0 Å². The lowest BCUT2D eigenvalue weighted by Gasteiger charge is -2.11. The van der Waals surface area contributed by atoms with Crippen LogP contribution < -0.4 is 10.6 Å². The minimum atomic E-state index is 0. The summed E-state index contributed by atoms with van der Waals surface area (Å²) in [6, 6.07) is 10.4. The van der Waals surface area contributed by atoms with Gasteiger partial charge in [0.05, 0.1) is 6.54 Å². The third-order valence-corrected chi connectivity index (χ3v) is 3.98. The van der Waals surface area contributed by atoms with E-state index < -0.39 is 0 Å². The number of rotatable bonds is 5. The van der Waals surface area contributed by atoms with E-state index in [2.05, 4.69) is 67.4 Å². The first kappa shape index (κ1) is 18.4. The molecule has 0 saturated carbocycles. The summed E-state index contributed by atoms with van der Waals surface area (Å²) < 4.78 is 1.10. The van der Waals surface area contributed by atoms with Gasteiger partial charge in [-0.1, -0.05) is 28.1 Å². The van der Waals surface area contributed by atoms with Crippen LogP contribution in [0.3, 0.4) is 0 Å². The van der Waals surface area contributed by atoms with Crippen LogP contribution in [0.5, 0.6) is 0 Å². The number of nitrogens with one attached hydrogen (secondary N) is 2. The normalized spacial score (nSPS) is 10.9. The Morgan fingerprint density at radius 2 is 1.90 bits per heavy atom. The van der Waals surface area contributed by atoms with Crippen molar-refractivity contribution in [2.24, 2.45) is 4.99 Å². The van der Waals surface area contributed by atoms with Crippen molar-refractivity contribution in [1.82, 2.24) is 10.6 Å². The van der Waals surface area contributed by atoms with Crippen molar-refractivity contribution in [3.05, 3.63) is 56.7 Å². The molecule has 3 nitrogen and oxygen atoms in total. The standard InChI is InChI=1S/C15H18BrN3S.HI/c1-2-17-15(19-10-13-7-8-20-11-13)18-9-12-3-5-14(16)6-4-12;/h3-8,11H,2,9-10H2,1H3,(H2,17,18,19);1H. The number of aliphatic imine (C=N–C) groups is 1. The number of guanidine groups is 1. The van der Waals surface area contributed by atoms with E-state index in [1.165, 1.54) is 11.1 Å². The number of hydrogen-bond donors (Lipinski definition) is 2.